The molecule has 138 valence electrons. The van der Waals surface area contributed by atoms with Gasteiger partial charge in [-0.2, -0.15) is 0 Å². The smallest absolute Gasteiger partial charge is 0.246 e. The van der Waals surface area contributed by atoms with Gasteiger partial charge in [0.15, 0.2) is 0 Å². The van der Waals surface area contributed by atoms with Crippen LogP contribution in [-0.4, -0.2) is 27.4 Å². The second-order valence-electron chi connectivity index (χ2n) is 7.00. The molecule has 1 aliphatic rings. The molecule has 0 radical (unpaired) electrons. The molecule has 1 saturated carbocycles. The Morgan fingerprint density at radius 1 is 1.15 bits per heavy atom. The van der Waals surface area contributed by atoms with Crippen molar-refractivity contribution in [3.05, 3.63) is 54.9 Å². The van der Waals surface area contributed by atoms with E-state index in [1.165, 1.54) is 0 Å². The topological polar surface area (TPSA) is 76.0 Å². The zero-order valence-corrected chi connectivity index (χ0v) is 15.2. The van der Waals surface area contributed by atoms with Crippen LogP contribution in [0.2, 0.25) is 0 Å². The third kappa shape index (κ3) is 3.56. The van der Waals surface area contributed by atoms with Crippen LogP contribution in [0.3, 0.4) is 0 Å². The first kappa shape index (κ1) is 17.3. The Hall–Kier alpha value is -3.15. The van der Waals surface area contributed by atoms with Gasteiger partial charge in [-0.1, -0.05) is 24.6 Å². The first-order chi connectivity index (χ1) is 13.1. The Morgan fingerprint density at radius 2 is 1.93 bits per heavy atom. The standard InChI is InChI=1S/C21H22N4O2/c1-14(23-21(27)15-6-5-7-15)20(26)24-16-10-11-19-18(12-16)22-13-25(19)17-8-3-2-4-9-17/h2-4,8-15H,5-7H2,1H3,(H,23,27)(H,24,26). The van der Waals surface area contributed by atoms with Gasteiger partial charge in [0.1, 0.15) is 12.4 Å². The molecular formula is C21H22N4O2. The predicted molar refractivity (Wildman–Crippen MR) is 105 cm³/mol. The molecule has 2 amide bonds. The van der Waals surface area contributed by atoms with Crippen molar-refractivity contribution in [2.75, 3.05) is 5.32 Å². The van der Waals surface area contributed by atoms with E-state index in [9.17, 15) is 9.59 Å². The lowest BCUT2D eigenvalue weighted by Gasteiger charge is -2.25. The zero-order chi connectivity index (χ0) is 18.8. The summed E-state index contributed by atoms with van der Waals surface area (Å²) < 4.78 is 2.00. The predicted octanol–water partition coefficient (Wildman–Crippen LogP) is 3.27. The van der Waals surface area contributed by atoms with E-state index in [0.29, 0.717) is 5.69 Å². The van der Waals surface area contributed by atoms with Gasteiger partial charge in [-0.05, 0) is 50.1 Å². The molecule has 1 heterocycles. The van der Waals surface area contributed by atoms with Crippen molar-refractivity contribution in [1.82, 2.24) is 14.9 Å². The van der Waals surface area contributed by atoms with Crippen molar-refractivity contribution in [3.8, 4) is 5.69 Å². The second-order valence-corrected chi connectivity index (χ2v) is 7.00. The molecule has 1 fully saturated rings. The van der Waals surface area contributed by atoms with Gasteiger partial charge in [0, 0.05) is 17.3 Å². The highest BCUT2D eigenvalue weighted by Gasteiger charge is 2.27. The fraction of sp³-hybridized carbons (Fsp3) is 0.286. The van der Waals surface area contributed by atoms with E-state index >= 15 is 0 Å². The number of nitrogens with zero attached hydrogens (tertiary/aromatic N) is 2. The molecule has 27 heavy (non-hydrogen) atoms. The van der Waals surface area contributed by atoms with E-state index < -0.39 is 6.04 Å². The van der Waals surface area contributed by atoms with Gasteiger partial charge in [-0.15, -0.1) is 0 Å². The molecule has 0 bridgehead atoms. The van der Waals surface area contributed by atoms with E-state index in [4.69, 9.17) is 0 Å². The van der Waals surface area contributed by atoms with Crippen LogP contribution in [0.25, 0.3) is 16.7 Å². The van der Waals surface area contributed by atoms with Crippen LogP contribution in [0.5, 0.6) is 0 Å². The first-order valence-electron chi connectivity index (χ1n) is 9.25. The lowest BCUT2D eigenvalue weighted by atomic mass is 9.84. The van der Waals surface area contributed by atoms with E-state index in [1.807, 2.05) is 53.1 Å². The van der Waals surface area contributed by atoms with E-state index in [2.05, 4.69) is 15.6 Å². The van der Waals surface area contributed by atoms with Crippen LogP contribution in [0.1, 0.15) is 26.2 Å². The lowest BCUT2D eigenvalue weighted by Crippen LogP contribution is -2.45. The highest BCUT2D eigenvalue weighted by molar-refractivity contribution is 5.98. The summed E-state index contributed by atoms with van der Waals surface area (Å²) in [6.45, 7) is 1.70. The average Bonchev–Trinajstić information content (AvgIpc) is 3.04. The number of para-hydroxylation sites is 1. The number of anilines is 1. The van der Waals surface area contributed by atoms with Gasteiger partial charge in [0.05, 0.1) is 11.0 Å². The maximum absolute atomic E-state index is 12.4. The van der Waals surface area contributed by atoms with Crippen molar-refractivity contribution < 1.29 is 9.59 Å². The maximum atomic E-state index is 12.4. The molecule has 1 aromatic heterocycles. The van der Waals surface area contributed by atoms with Crippen molar-refractivity contribution in [2.24, 2.45) is 5.92 Å². The van der Waals surface area contributed by atoms with Gasteiger partial charge < -0.3 is 10.6 Å². The van der Waals surface area contributed by atoms with Crippen LogP contribution in [0, 0.1) is 5.92 Å². The summed E-state index contributed by atoms with van der Waals surface area (Å²) in [7, 11) is 0. The normalized spacial score (nSPS) is 15.1. The highest BCUT2D eigenvalue weighted by atomic mass is 16.2. The quantitative estimate of drug-likeness (QED) is 0.731. The van der Waals surface area contributed by atoms with Crippen LogP contribution in [-0.2, 0) is 9.59 Å². The Morgan fingerprint density at radius 3 is 2.63 bits per heavy atom. The second kappa shape index (κ2) is 7.23. The zero-order valence-electron chi connectivity index (χ0n) is 15.2. The summed E-state index contributed by atoms with van der Waals surface area (Å²) in [6.07, 6.45) is 4.70. The summed E-state index contributed by atoms with van der Waals surface area (Å²) in [6, 6.07) is 15.0. The molecule has 1 aliphatic carbocycles. The van der Waals surface area contributed by atoms with Gasteiger partial charge in [0.2, 0.25) is 11.8 Å². The molecule has 2 N–H and O–H groups in total. The monoisotopic (exact) mass is 362 g/mol. The minimum absolute atomic E-state index is 0.0269. The number of imidazole rings is 1. The Kier molecular flexibility index (Phi) is 4.62. The van der Waals surface area contributed by atoms with E-state index in [-0.39, 0.29) is 17.7 Å². The number of amides is 2. The van der Waals surface area contributed by atoms with Crippen LogP contribution < -0.4 is 10.6 Å². The van der Waals surface area contributed by atoms with Gasteiger partial charge >= 0.3 is 0 Å². The Balaban J connectivity index is 1.46. The third-order valence-electron chi connectivity index (χ3n) is 5.08. The summed E-state index contributed by atoms with van der Waals surface area (Å²) in [5, 5.41) is 5.65. The summed E-state index contributed by atoms with van der Waals surface area (Å²) in [5.74, 6) is -0.191. The first-order valence-corrected chi connectivity index (χ1v) is 9.25. The molecular weight excluding hydrogens is 340 g/mol. The molecule has 0 saturated heterocycles. The molecule has 0 aliphatic heterocycles. The number of hydrogen-bond acceptors (Lipinski definition) is 3. The number of carbonyl (C=O) groups is 2. The fourth-order valence-corrected chi connectivity index (χ4v) is 3.20. The van der Waals surface area contributed by atoms with Crippen LogP contribution in [0.15, 0.2) is 54.9 Å². The van der Waals surface area contributed by atoms with Crippen LogP contribution >= 0.6 is 0 Å². The maximum Gasteiger partial charge on any atom is 0.246 e. The van der Waals surface area contributed by atoms with Crippen molar-refractivity contribution in [2.45, 2.75) is 32.2 Å². The van der Waals surface area contributed by atoms with Gasteiger partial charge in [0.25, 0.3) is 0 Å². The molecule has 1 unspecified atom stereocenters. The molecule has 6 nitrogen and oxygen atoms in total. The number of hydrogen-bond donors (Lipinski definition) is 2. The number of benzene rings is 2. The van der Waals surface area contributed by atoms with Gasteiger partial charge in [-0.25, -0.2) is 4.98 Å². The number of carbonyl (C=O) groups excluding carboxylic acids is 2. The molecule has 2 aromatic carbocycles. The van der Waals surface area contributed by atoms with E-state index in [1.54, 1.807) is 13.3 Å². The minimum atomic E-state index is -0.573. The average molecular weight is 362 g/mol. The number of rotatable bonds is 5. The van der Waals surface area contributed by atoms with Crippen molar-refractivity contribution in [1.29, 1.82) is 0 Å². The Labute approximate surface area is 157 Å². The van der Waals surface area contributed by atoms with Gasteiger partial charge in [-0.3, -0.25) is 14.2 Å². The molecule has 6 heteroatoms. The van der Waals surface area contributed by atoms with Crippen LogP contribution in [0.4, 0.5) is 5.69 Å². The minimum Gasteiger partial charge on any atom is -0.344 e. The summed E-state index contributed by atoms with van der Waals surface area (Å²) in [5.41, 5.74) is 3.45. The summed E-state index contributed by atoms with van der Waals surface area (Å²) >= 11 is 0. The number of nitrogens with one attached hydrogen (secondary N) is 2. The molecule has 3 aromatic rings. The SMILES string of the molecule is CC(NC(=O)C1CCC1)C(=O)Nc1ccc2c(c1)ncn2-c1ccccc1. The van der Waals surface area contributed by atoms with Crippen molar-refractivity contribution >= 4 is 28.5 Å². The number of aromatic nitrogens is 2. The summed E-state index contributed by atoms with van der Waals surface area (Å²) in [4.78, 5) is 28.8. The molecule has 4 rings (SSSR count). The third-order valence-corrected chi connectivity index (χ3v) is 5.08. The number of fused-ring (bicyclic) bond motifs is 1. The highest BCUT2D eigenvalue weighted by Crippen LogP contribution is 2.26. The molecule has 0 spiro atoms. The molecule has 1 atom stereocenters. The van der Waals surface area contributed by atoms with E-state index in [0.717, 1.165) is 36.0 Å². The largest absolute Gasteiger partial charge is 0.344 e. The van der Waals surface area contributed by atoms with Crippen molar-refractivity contribution in [3.63, 3.8) is 0 Å². The fourth-order valence-electron chi connectivity index (χ4n) is 3.20. The lowest BCUT2D eigenvalue weighted by molar-refractivity contribution is -0.130. The Bertz CT molecular complexity index is 976.